The van der Waals surface area contributed by atoms with Gasteiger partial charge in [0.05, 0.1) is 13.2 Å². The van der Waals surface area contributed by atoms with Gasteiger partial charge in [0.25, 0.3) is 0 Å². The first-order chi connectivity index (χ1) is 11.7. The number of anilines is 1. The standard InChI is InChI=1S/C21H29NO2/c1-4-13-23-20-10-8-18(9-11-20)16-22-19-6-5-7-21(15-19)24-14-12-17(2)3/h5-11,15,17,22H,4,12-14,16H2,1-3H3. The highest BCUT2D eigenvalue weighted by molar-refractivity contribution is 5.48. The molecule has 0 radical (unpaired) electrons. The summed E-state index contributed by atoms with van der Waals surface area (Å²) >= 11 is 0. The van der Waals surface area contributed by atoms with Gasteiger partial charge in [-0.1, -0.05) is 39.0 Å². The number of benzene rings is 2. The van der Waals surface area contributed by atoms with E-state index < -0.39 is 0 Å². The second kappa shape index (κ2) is 9.86. The normalized spacial score (nSPS) is 10.7. The fraction of sp³-hybridized carbons (Fsp3) is 0.429. The van der Waals surface area contributed by atoms with Crippen LogP contribution in [-0.2, 0) is 6.54 Å². The Bertz CT molecular complexity index is 593. The second-order valence-corrected chi connectivity index (χ2v) is 6.40. The Balaban J connectivity index is 1.83. The van der Waals surface area contributed by atoms with Crippen molar-refractivity contribution in [2.45, 2.75) is 40.2 Å². The predicted octanol–water partition coefficient (Wildman–Crippen LogP) is 5.51. The molecule has 0 aromatic heterocycles. The van der Waals surface area contributed by atoms with Gasteiger partial charge in [0, 0.05) is 18.3 Å². The summed E-state index contributed by atoms with van der Waals surface area (Å²) < 4.78 is 11.4. The highest BCUT2D eigenvalue weighted by Crippen LogP contribution is 2.19. The van der Waals surface area contributed by atoms with E-state index >= 15 is 0 Å². The molecule has 3 nitrogen and oxygen atoms in total. The van der Waals surface area contributed by atoms with Crippen LogP contribution in [0.25, 0.3) is 0 Å². The summed E-state index contributed by atoms with van der Waals surface area (Å²) in [6, 6.07) is 16.4. The molecule has 0 saturated heterocycles. The average molecular weight is 327 g/mol. The molecule has 0 aliphatic carbocycles. The zero-order valence-corrected chi connectivity index (χ0v) is 15.0. The van der Waals surface area contributed by atoms with Gasteiger partial charge >= 0.3 is 0 Å². The van der Waals surface area contributed by atoms with Gasteiger partial charge in [0.1, 0.15) is 11.5 Å². The molecular formula is C21H29NO2. The van der Waals surface area contributed by atoms with E-state index in [9.17, 15) is 0 Å². The van der Waals surface area contributed by atoms with Gasteiger partial charge in [0.15, 0.2) is 0 Å². The molecule has 2 aromatic carbocycles. The number of nitrogens with one attached hydrogen (secondary N) is 1. The third-order valence-electron chi connectivity index (χ3n) is 3.69. The Labute approximate surface area is 146 Å². The fourth-order valence-corrected chi connectivity index (χ4v) is 2.24. The maximum Gasteiger partial charge on any atom is 0.121 e. The lowest BCUT2D eigenvalue weighted by molar-refractivity contribution is 0.289. The molecule has 0 fully saturated rings. The predicted molar refractivity (Wildman–Crippen MR) is 101 cm³/mol. The lowest BCUT2D eigenvalue weighted by atomic mass is 10.1. The minimum Gasteiger partial charge on any atom is -0.494 e. The molecule has 0 heterocycles. The minimum absolute atomic E-state index is 0.663. The quantitative estimate of drug-likeness (QED) is 0.624. The zero-order chi connectivity index (χ0) is 17.2. The summed E-state index contributed by atoms with van der Waals surface area (Å²) in [5.41, 5.74) is 2.30. The van der Waals surface area contributed by atoms with Gasteiger partial charge in [-0.15, -0.1) is 0 Å². The van der Waals surface area contributed by atoms with E-state index in [0.717, 1.165) is 49.8 Å². The first-order valence-corrected chi connectivity index (χ1v) is 8.86. The Morgan fingerprint density at radius 2 is 1.67 bits per heavy atom. The largest absolute Gasteiger partial charge is 0.494 e. The van der Waals surface area contributed by atoms with Crippen LogP contribution >= 0.6 is 0 Å². The van der Waals surface area contributed by atoms with Crippen LogP contribution < -0.4 is 14.8 Å². The van der Waals surface area contributed by atoms with Crippen molar-refractivity contribution >= 4 is 5.69 Å². The van der Waals surface area contributed by atoms with E-state index in [1.165, 1.54) is 5.56 Å². The molecule has 0 spiro atoms. The molecule has 0 saturated carbocycles. The Kier molecular flexibility index (Phi) is 7.47. The zero-order valence-electron chi connectivity index (χ0n) is 15.0. The third-order valence-corrected chi connectivity index (χ3v) is 3.69. The second-order valence-electron chi connectivity index (χ2n) is 6.40. The van der Waals surface area contributed by atoms with Crippen LogP contribution in [0.4, 0.5) is 5.69 Å². The Morgan fingerprint density at radius 1 is 0.917 bits per heavy atom. The van der Waals surface area contributed by atoms with Crippen LogP contribution in [0.3, 0.4) is 0 Å². The van der Waals surface area contributed by atoms with Crippen LogP contribution in [0.5, 0.6) is 11.5 Å². The van der Waals surface area contributed by atoms with Gasteiger partial charge in [-0.3, -0.25) is 0 Å². The minimum atomic E-state index is 0.663. The molecule has 2 aromatic rings. The van der Waals surface area contributed by atoms with Crippen LogP contribution in [0, 0.1) is 5.92 Å². The molecule has 0 atom stereocenters. The summed E-state index contributed by atoms with van der Waals surface area (Å²) in [7, 11) is 0. The van der Waals surface area contributed by atoms with Crippen LogP contribution in [0.2, 0.25) is 0 Å². The number of ether oxygens (including phenoxy) is 2. The topological polar surface area (TPSA) is 30.5 Å². The smallest absolute Gasteiger partial charge is 0.121 e. The lowest BCUT2D eigenvalue weighted by Crippen LogP contribution is -2.03. The van der Waals surface area contributed by atoms with Crippen molar-refractivity contribution in [3.63, 3.8) is 0 Å². The van der Waals surface area contributed by atoms with E-state index in [1.54, 1.807) is 0 Å². The van der Waals surface area contributed by atoms with Crippen molar-refractivity contribution in [3.05, 3.63) is 54.1 Å². The Morgan fingerprint density at radius 3 is 2.38 bits per heavy atom. The van der Waals surface area contributed by atoms with Gasteiger partial charge < -0.3 is 14.8 Å². The van der Waals surface area contributed by atoms with Crippen LogP contribution in [0.1, 0.15) is 39.2 Å². The maximum absolute atomic E-state index is 5.81. The molecule has 0 unspecified atom stereocenters. The lowest BCUT2D eigenvalue weighted by Gasteiger charge is -2.11. The van der Waals surface area contributed by atoms with Crippen molar-refractivity contribution in [2.24, 2.45) is 5.92 Å². The van der Waals surface area contributed by atoms with Crippen molar-refractivity contribution in [1.29, 1.82) is 0 Å². The van der Waals surface area contributed by atoms with E-state index in [1.807, 2.05) is 24.3 Å². The van der Waals surface area contributed by atoms with Crippen molar-refractivity contribution in [1.82, 2.24) is 0 Å². The number of hydrogen-bond donors (Lipinski definition) is 1. The molecule has 0 aliphatic rings. The molecule has 3 heteroatoms. The molecule has 0 aliphatic heterocycles. The van der Waals surface area contributed by atoms with Crippen molar-refractivity contribution in [3.8, 4) is 11.5 Å². The maximum atomic E-state index is 5.81. The average Bonchev–Trinajstić information content (AvgIpc) is 2.59. The summed E-state index contributed by atoms with van der Waals surface area (Å²) in [6.45, 7) is 8.84. The summed E-state index contributed by atoms with van der Waals surface area (Å²) in [5, 5.41) is 3.44. The molecule has 1 N–H and O–H groups in total. The van der Waals surface area contributed by atoms with Gasteiger partial charge in [-0.05, 0) is 48.6 Å². The molecule has 130 valence electrons. The fourth-order valence-electron chi connectivity index (χ4n) is 2.24. The number of rotatable bonds is 10. The van der Waals surface area contributed by atoms with Gasteiger partial charge in [-0.25, -0.2) is 0 Å². The molecule has 0 amide bonds. The monoisotopic (exact) mass is 327 g/mol. The molecular weight excluding hydrogens is 298 g/mol. The van der Waals surface area contributed by atoms with E-state index in [-0.39, 0.29) is 0 Å². The molecule has 2 rings (SSSR count). The first-order valence-electron chi connectivity index (χ1n) is 8.86. The summed E-state index contributed by atoms with van der Waals surface area (Å²) in [5.74, 6) is 2.51. The Hall–Kier alpha value is -2.16. The summed E-state index contributed by atoms with van der Waals surface area (Å²) in [6.07, 6.45) is 2.10. The van der Waals surface area contributed by atoms with E-state index in [0.29, 0.717) is 5.92 Å². The van der Waals surface area contributed by atoms with E-state index in [2.05, 4.69) is 50.4 Å². The van der Waals surface area contributed by atoms with Crippen molar-refractivity contribution < 1.29 is 9.47 Å². The SMILES string of the molecule is CCCOc1ccc(CNc2cccc(OCCC(C)C)c2)cc1. The van der Waals surface area contributed by atoms with Crippen molar-refractivity contribution in [2.75, 3.05) is 18.5 Å². The van der Waals surface area contributed by atoms with Gasteiger partial charge in [-0.2, -0.15) is 0 Å². The first kappa shape index (κ1) is 18.2. The van der Waals surface area contributed by atoms with Gasteiger partial charge in [0.2, 0.25) is 0 Å². The molecule has 24 heavy (non-hydrogen) atoms. The number of hydrogen-bond acceptors (Lipinski definition) is 3. The highest BCUT2D eigenvalue weighted by atomic mass is 16.5. The highest BCUT2D eigenvalue weighted by Gasteiger charge is 2.00. The van der Waals surface area contributed by atoms with E-state index in [4.69, 9.17) is 9.47 Å². The van der Waals surface area contributed by atoms with Crippen LogP contribution in [-0.4, -0.2) is 13.2 Å². The molecule has 0 bridgehead atoms. The summed E-state index contributed by atoms with van der Waals surface area (Å²) in [4.78, 5) is 0. The third kappa shape index (κ3) is 6.53. The van der Waals surface area contributed by atoms with Crippen LogP contribution in [0.15, 0.2) is 48.5 Å².